The summed E-state index contributed by atoms with van der Waals surface area (Å²) in [7, 11) is 1.50. The van der Waals surface area contributed by atoms with Gasteiger partial charge in [-0.15, -0.1) is 0 Å². The normalized spacial score (nSPS) is 9.27. The predicted molar refractivity (Wildman–Crippen MR) is 49.5 cm³/mol. The van der Waals surface area contributed by atoms with E-state index in [0.717, 1.165) is 19.3 Å². The van der Waals surface area contributed by atoms with Crippen molar-refractivity contribution in [1.29, 1.82) is 0 Å². The molecule has 0 saturated heterocycles. The van der Waals surface area contributed by atoms with Crippen molar-refractivity contribution in [3.8, 4) is 0 Å². The van der Waals surface area contributed by atoms with Crippen molar-refractivity contribution in [3.05, 3.63) is 0 Å². The third-order valence-corrected chi connectivity index (χ3v) is 1.97. The molecule has 3 heteroatoms. The minimum atomic E-state index is -0.375. The summed E-state index contributed by atoms with van der Waals surface area (Å²) in [6, 6.07) is 0. The molecule has 0 fully saturated rings. The lowest BCUT2D eigenvalue weighted by atomic mass is 9.95. The van der Waals surface area contributed by atoms with E-state index in [1.165, 1.54) is 7.05 Å². The SMILES string of the molecule is CCC(O)(CC)CC.CN.O. The van der Waals surface area contributed by atoms with Crippen LogP contribution in [0.25, 0.3) is 0 Å². The van der Waals surface area contributed by atoms with Gasteiger partial charge in [0.25, 0.3) is 0 Å². The van der Waals surface area contributed by atoms with Crippen molar-refractivity contribution in [2.45, 2.75) is 45.6 Å². The lowest BCUT2D eigenvalue weighted by Gasteiger charge is -2.22. The first-order valence-corrected chi connectivity index (χ1v) is 3.98. The molecule has 0 heterocycles. The first kappa shape index (κ1) is 17.1. The summed E-state index contributed by atoms with van der Waals surface area (Å²) in [4.78, 5) is 0. The largest absolute Gasteiger partial charge is 0.412 e. The van der Waals surface area contributed by atoms with E-state index in [9.17, 15) is 5.11 Å². The quantitative estimate of drug-likeness (QED) is 0.645. The van der Waals surface area contributed by atoms with E-state index in [-0.39, 0.29) is 11.1 Å². The van der Waals surface area contributed by atoms with Crippen LogP contribution in [0, 0.1) is 0 Å². The van der Waals surface area contributed by atoms with Crippen molar-refractivity contribution in [3.63, 3.8) is 0 Å². The second kappa shape index (κ2) is 9.88. The third kappa shape index (κ3) is 7.78. The van der Waals surface area contributed by atoms with E-state index in [4.69, 9.17) is 0 Å². The van der Waals surface area contributed by atoms with Crippen molar-refractivity contribution < 1.29 is 10.6 Å². The maximum atomic E-state index is 9.44. The monoisotopic (exact) mass is 165 g/mol. The summed E-state index contributed by atoms with van der Waals surface area (Å²) < 4.78 is 0. The molecule has 5 N–H and O–H groups in total. The van der Waals surface area contributed by atoms with Crippen LogP contribution in [0.1, 0.15) is 40.0 Å². The Bertz CT molecular complexity index is 54.8. The van der Waals surface area contributed by atoms with Crippen LogP contribution in [-0.2, 0) is 0 Å². The first-order chi connectivity index (χ1) is 4.68. The summed E-state index contributed by atoms with van der Waals surface area (Å²) in [6.45, 7) is 6.06. The maximum Gasteiger partial charge on any atom is 0.0640 e. The van der Waals surface area contributed by atoms with Crippen molar-refractivity contribution in [2.75, 3.05) is 7.05 Å². The van der Waals surface area contributed by atoms with Crippen LogP contribution in [0.5, 0.6) is 0 Å². The highest BCUT2D eigenvalue weighted by atomic mass is 16.3. The average molecular weight is 165 g/mol. The molecule has 0 aromatic heterocycles. The van der Waals surface area contributed by atoms with Crippen molar-refractivity contribution in [2.24, 2.45) is 5.73 Å². The molecule has 0 aromatic carbocycles. The highest BCUT2D eigenvalue weighted by Gasteiger charge is 2.17. The standard InChI is InChI=1S/C7H16O.CH5N.H2O/c1-4-7(8,5-2)6-3;1-2;/h8H,4-6H2,1-3H3;2H2,1H3;1H2. The molecule has 3 nitrogen and oxygen atoms in total. The minimum Gasteiger partial charge on any atom is -0.412 e. The van der Waals surface area contributed by atoms with Gasteiger partial charge in [-0.2, -0.15) is 0 Å². The number of nitrogens with two attached hydrogens (primary N) is 1. The number of aliphatic hydroxyl groups is 1. The summed E-state index contributed by atoms with van der Waals surface area (Å²) >= 11 is 0. The molecule has 72 valence electrons. The molecule has 0 aliphatic rings. The lowest BCUT2D eigenvalue weighted by Crippen LogP contribution is -2.24. The van der Waals surface area contributed by atoms with E-state index in [1.54, 1.807) is 0 Å². The highest BCUT2D eigenvalue weighted by Crippen LogP contribution is 2.17. The molecule has 0 aliphatic heterocycles. The van der Waals surface area contributed by atoms with Crippen molar-refractivity contribution in [1.82, 2.24) is 0 Å². The lowest BCUT2D eigenvalue weighted by molar-refractivity contribution is 0.0285. The molecule has 0 atom stereocenters. The Morgan fingerprint density at radius 2 is 1.18 bits per heavy atom. The van der Waals surface area contributed by atoms with Crippen LogP contribution >= 0.6 is 0 Å². The van der Waals surface area contributed by atoms with Gasteiger partial charge in [-0.1, -0.05) is 20.8 Å². The molecule has 0 saturated carbocycles. The molecule has 0 aliphatic carbocycles. The van der Waals surface area contributed by atoms with Gasteiger partial charge in [-0.05, 0) is 26.3 Å². The Labute approximate surface area is 69.9 Å². The van der Waals surface area contributed by atoms with Gasteiger partial charge in [-0.3, -0.25) is 0 Å². The Hall–Kier alpha value is -0.120. The fourth-order valence-electron chi connectivity index (χ4n) is 0.750. The fraction of sp³-hybridized carbons (Fsp3) is 1.00. The van der Waals surface area contributed by atoms with Crippen LogP contribution in [0.15, 0.2) is 0 Å². The molecule has 0 rings (SSSR count). The van der Waals surface area contributed by atoms with E-state index in [2.05, 4.69) is 5.73 Å². The van der Waals surface area contributed by atoms with Crippen LogP contribution in [0.4, 0.5) is 0 Å². The smallest absolute Gasteiger partial charge is 0.0640 e. The van der Waals surface area contributed by atoms with Gasteiger partial charge in [0, 0.05) is 0 Å². The number of hydrogen-bond donors (Lipinski definition) is 2. The molecule has 0 radical (unpaired) electrons. The summed E-state index contributed by atoms with van der Waals surface area (Å²) in [5.74, 6) is 0. The Kier molecular flexibility index (Phi) is 15.4. The predicted octanol–water partition coefficient (Wildman–Crippen LogP) is 0.698. The topological polar surface area (TPSA) is 77.8 Å². The molecular weight excluding hydrogens is 142 g/mol. The summed E-state index contributed by atoms with van der Waals surface area (Å²) in [5, 5.41) is 9.44. The Morgan fingerprint density at radius 3 is 1.18 bits per heavy atom. The maximum absolute atomic E-state index is 9.44. The Balaban J connectivity index is -0.000000196. The van der Waals surface area contributed by atoms with Gasteiger partial charge in [0.2, 0.25) is 0 Å². The molecule has 0 amide bonds. The van der Waals surface area contributed by atoms with Gasteiger partial charge in [0.15, 0.2) is 0 Å². The highest BCUT2D eigenvalue weighted by molar-refractivity contribution is 4.71. The van der Waals surface area contributed by atoms with E-state index in [1.807, 2.05) is 20.8 Å². The van der Waals surface area contributed by atoms with Gasteiger partial charge < -0.3 is 16.3 Å². The summed E-state index contributed by atoms with van der Waals surface area (Å²) in [5.41, 5.74) is 4.12. The molecule has 0 unspecified atom stereocenters. The van der Waals surface area contributed by atoms with Crippen LogP contribution in [0.2, 0.25) is 0 Å². The summed E-state index contributed by atoms with van der Waals surface area (Å²) in [6.07, 6.45) is 2.62. The third-order valence-electron chi connectivity index (χ3n) is 1.97. The number of hydrogen-bond acceptors (Lipinski definition) is 2. The van der Waals surface area contributed by atoms with E-state index < -0.39 is 0 Å². The van der Waals surface area contributed by atoms with Gasteiger partial charge in [-0.25, -0.2) is 0 Å². The molecule has 11 heavy (non-hydrogen) atoms. The molecule has 0 aromatic rings. The van der Waals surface area contributed by atoms with Gasteiger partial charge in [0.05, 0.1) is 5.60 Å². The van der Waals surface area contributed by atoms with Crippen LogP contribution in [-0.4, -0.2) is 23.2 Å². The van der Waals surface area contributed by atoms with Crippen LogP contribution in [0.3, 0.4) is 0 Å². The van der Waals surface area contributed by atoms with Crippen molar-refractivity contribution >= 4 is 0 Å². The number of rotatable bonds is 3. The van der Waals surface area contributed by atoms with Gasteiger partial charge in [0.1, 0.15) is 0 Å². The molecular formula is C8H23NO2. The van der Waals surface area contributed by atoms with E-state index >= 15 is 0 Å². The first-order valence-electron chi connectivity index (χ1n) is 3.98. The zero-order chi connectivity index (χ0) is 8.62. The minimum absolute atomic E-state index is 0. The van der Waals surface area contributed by atoms with E-state index in [0.29, 0.717) is 0 Å². The second-order valence-corrected chi connectivity index (χ2v) is 2.29. The molecule has 0 bridgehead atoms. The van der Waals surface area contributed by atoms with Gasteiger partial charge >= 0.3 is 0 Å². The average Bonchev–Trinajstić information content (AvgIpc) is 2.07. The Morgan fingerprint density at radius 1 is 1.00 bits per heavy atom. The molecule has 0 spiro atoms. The zero-order valence-corrected chi connectivity index (χ0v) is 8.15. The zero-order valence-electron chi connectivity index (χ0n) is 8.15. The fourth-order valence-corrected chi connectivity index (χ4v) is 0.750. The second-order valence-electron chi connectivity index (χ2n) is 2.29. The van der Waals surface area contributed by atoms with Crippen LogP contribution < -0.4 is 5.73 Å².